The number of hydrogen-bond donors (Lipinski definition) is 1. The first-order valence-corrected chi connectivity index (χ1v) is 10.8. The quantitative estimate of drug-likeness (QED) is 0.678. The Kier molecular flexibility index (Phi) is 3.95. The second kappa shape index (κ2) is 6.17. The first-order chi connectivity index (χ1) is 13.3. The summed E-state index contributed by atoms with van der Waals surface area (Å²) in [5, 5.41) is 10.1. The van der Waals surface area contributed by atoms with Crippen LogP contribution in [0.2, 0.25) is 0 Å². The highest BCUT2D eigenvalue weighted by molar-refractivity contribution is 7.99. The fourth-order valence-corrected chi connectivity index (χ4v) is 6.20. The summed E-state index contributed by atoms with van der Waals surface area (Å²) in [4.78, 5) is 22.9. The molecule has 28 heavy (non-hydrogen) atoms. The van der Waals surface area contributed by atoms with Crippen molar-refractivity contribution >= 4 is 39.7 Å². The molecule has 5 rings (SSSR count). The lowest BCUT2D eigenvalue weighted by Crippen LogP contribution is -2.38. The number of thioether (sulfide) groups is 1. The van der Waals surface area contributed by atoms with Crippen LogP contribution in [0.1, 0.15) is 40.0 Å². The zero-order chi connectivity index (χ0) is 19.5. The topological polar surface area (TPSA) is 74.8 Å². The van der Waals surface area contributed by atoms with Gasteiger partial charge in [-0.05, 0) is 36.2 Å². The average molecular weight is 396 g/mol. The summed E-state index contributed by atoms with van der Waals surface area (Å²) in [5.41, 5.74) is 3.06. The number of carbonyl (C=O) groups is 1. The summed E-state index contributed by atoms with van der Waals surface area (Å²) in [6.07, 6.45) is 3.42. The molecule has 7 heteroatoms. The number of aromatic amines is 1. The van der Waals surface area contributed by atoms with Gasteiger partial charge in [0.05, 0.1) is 5.75 Å². The SMILES string of the molecule is CC1(C)C[C@@H]2C[C@@](C)(CN2C(=O)CSc2nnc3c(n2)[nH]c2ccccc23)C1. The minimum atomic E-state index is 0.191. The standard InChI is InChI=1S/C21H25N5OS/c1-20(2)8-13-9-21(3,11-20)12-26(13)16(27)10-28-19-23-18-17(24-25-19)14-6-4-5-7-15(14)22-18/h4-7,13H,8-12H2,1-3H3,(H,22,23,25)/t13-,21-/m1/s1. The van der Waals surface area contributed by atoms with Crippen molar-refractivity contribution in [3.05, 3.63) is 24.3 Å². The minimum Gasteiger partial charge on any atom is -0.338 e. The summed E-state index contributed by atoms with van der Waals surface area (Å²) in [6, 6.07) is 8.34. The van der Waals surface area contributed by atoms with Crippen molar-refractivity contribution in [2.75, 3.05) is 12.3 Å². The number of benzene rings is 1. The summed E-state index contributed by atoms with van der Waals surface area (Å²) in [7, 11) is 0. The van der Waals surface area contributed by atoms with Crippen molar-refractivity contribution in [2.24, 2.45) is 10.8 Å². The second-order valence-corrected chi connectivity index (χ2v) is 10.4. The normalized spacial score (nSPS) is 26.2. The van der Waals surface area contributed by atoms with E-state index in [1.165, 1.54) is 18.2 Å². The number of nitrogens with one attached hydrogen (secondary N) is 1. The Morgan fingerprint density at radius 3 is 2.93 bits per heavy atom. The fraction of sp³-hybridized carbons (Fsp3) is 0.524. The number of amides is 1. The van der Waals surface area contributed by atoms with Crippen LogP contribution >= 0.6 is 11.8 Å². The molecule has 0 unspecified atom stereocenters. The molecule has 0 radical (unpaired) electrons. The Hall–Kier alpha value is -2.15. The van der Waals surface area contributed by atoms with Gasteiger partial charge in [-0.1, -0.05) is 50.7 Å². The highest BCUT2D eigenvalue weighted by Crippen LogP contribution is 2.52. The van der Waals surface area contributed by atoms with Crippen molar-refractivity contribution in [3.63, 3.8) is 0 Å². The van der Waals surface area contributed by atoms with Crippen LogP contribution in [0.15, 0.2) is 29.4 Å². The van der Waals surface area contributed by atoms with Crippen LogP contribution in [0.3, 0.4) is 0 Å². The van der Waals surface area contributed by atoms with Crippen LogP contribution in [0, 0.1) is 10.8 Å². The summed E-state index contributed by atoms with van der Waals surface area (Å²) < 4.78 is 0. The van der Waals surface area contributed by atoms with E-state index in [-0.39, 0.29) is 11.3 Å². The maximum Gasteiger partial charge on any atom is 0.233 e. The van der Waals surface area contributed by atoms with Crippen molar-refractivity contribution in [2.45, 2.75) is 51.2 Å². The summed E-state index contributed by atoms with van der Waals surface area (Å²) in [5.74, 6) is 0.553. The van der Waals surface area contributed by atoms with Gasteiger partial charge in [0.15, 0.2) is 5.65 Å². The number of carbonyl (C=O) groups excluding carboxylic acids is 1. The molecule has 0 spiro atoms. The molecule has 1 aliphatic heterocycles. The Morgan fingerprint density at radius 2 is 2.07 bits per heavy atom. The van der Waals surface area contributed by atoms with Crippen LogP contribution in [0.4, 0.5) is 0 Å². The van der Waals surface area contributed by atoms with E-state index in [1.54, 1.807) is 0 Å². The Morgan fingerprint density at radius 1 is 1.25 bits per heavy atom. The van der Waals surface area contributed by atoms with Crippen molar-refractivity contribution in [1.82, 2.24) is 25.1 Å². The Bertz CT molecular complexity index is 1080. The first kappa shape index (κ1) is 17.9. The van der Waals surface area contributed by atoms with Gasteiger partial charge in [0.25, 0.3) is 0 Å². The van der Waals surface area contributed by atoms with Crippen LogP contribution in [-0.4, -0.2) is 49.3 Å². The second-order valence-electron chi connectivity index (χ2n) is 9.49. The number of fused-ring (bicyclic) bond motifs is 5. The number of nitrogens with zero attached hydrogens (tertiary/aromatic N) is 4. The van der Waals surface area contributed by atoms with E-state index < -0.39 is 0 Å². The van der Waals surface area contributed by atoms with Gasteiger partial charge < -0.3 is 9.88 Å². The Balaban J connectivity index is 1.31. The molecular weight excluding hydrogens is 370 g/mol. The molecule has 3 aromatic rings. The van der Waals surface area contributed by atoms with Gasteiger partial charge in [-0.15, -0.1) is 10.2 Å². The van der Waals surface area contributed by atoms with Gasteiger partial charge in [-0.2, -0.15) is 0 Å². The third-order valence-corrected chi connectivity index (χ3v) is 6.98. The predicted octanol–water partition coefficient (Wildman–Crippen LogP) is 4.03. The van der Waals surface area contributed by atoms with Crippen LogP contribution in [-0.2, 0) is 4.79 Å². The highest BCUT2D eigenvalue weighted by atomic mass is 32.2. The average Bonchev–Trinajstić information content (AvgIpc) is 3.12. The molecule has 3 heterocycles. The number of rotatable bonds is 3. The first-order valence-electron chi connectivity index (χ1n) is 9.85. The third-order valence-electron chi connectivity index (χ3n) is 6.16. The molecule has 2 atom stereocenters. The van der Waals surface area contributed by atoms with E-state index in [4.69, 9.17) is 0 Å². The van der Waals surface area contributed by atoms with Crippen molar-refractivity contribution < 1.29 is 4.79 Å². The number of aromatic nitrogens is 4. The van der Waals surface area contributed by atoms with Crippen LogP contribution in [0.5, 0.6) is 0 Å². The molecule has 1 amide bonds. The fourth-order valence-electron chi connectivity index (χ4n) is 5.53. The summed E-state index contributed by atoms with van der Waals surface area (Å²) >= 11 is 1.38. The minimum absolute atomic E-state index is 0.191. The highest BCUT2D eigenvalue weighted by Gasteiger charge is 2.50. The number of likely N-dealkylation sites (tertiary alicyclic amines) is 1. The largest absolute Gasteiger partial charge is 0.338 e. The van der Waals surface area contributed by atoms with E-state index >= 15 is 0 Å². The van der Waals surface area contributed by atoms with Crippen molar-refractivity contribution in [3.8, 4) is 0 Å². The molecule has 2 bridgehead atoms. The molecular formula is C21H25N5OS. The van der Waals surface area contributed by atoms with Gasteiger partial charge in [-0.25, -0.2) is 4.98 Å². The van der Waals surface area contributed by atoms with Gasteiger partial charge in [0, 0.05) is 23.5 Å². The lowest BCUT2D eigenvalue weighted by atomic mass is 9.65. The number of hydrogen-bond acceptors (Lipinski definition) is 5. The molecule has 2 aliphatic rings. The Labute approximate surface area is 168 Å². The summed E-state index contributed by atoms with van der Waals surface area (Å²) in [6.45, 7) is 7.86. The van der Waals surface area contributed by atoms with E-state index in [1.807, 2.05) is 24.3 Å². The van der Waals surface area contributed by atoms with Gasteiger partial charge in [-0.3, -0.25) is 4.79 Å². The number of para-hydroxylation sites is 1. The van der Waals surface area contributed by atoms with Gasteiger partial charge >= 0.3 is 0 Å². The molecule has 2 aromatic heterocycles. The lowest BCUT2D eigenvalue weighted by Gasteiger charge is -2.39. The molecule has 146 valence electrons. The van der Waals surface area contributed by atoms with Gasteiger partial charge in [0.2, 0.25) is 11.1 Å². The van der Waals surface area contributed by atoms with Gasteiger partial charge in [0.1, 0.15) is 5.52 Å². The van der Waals surface area contributed by atoms with E-state index in [9.17, 15) is 4.79 Å². The molecule has 6 nitrogen and oxygen atoms in total. The molecule has 2 fully saturated rings. The van der Waals surface area contributed by atoms with E-state index in [2.05, 4.69) is 45.8 Å². The predicted molar refractivity (Wildman–Crippen MR) is 111 cm³/mol. The maximum absolute atomic E-state index is 12.9. The smallest absolute Gasteiger partial charge is 0.233 e. The molecule has 1 aromatic carbocycles. The zero-order valence-electron chi connectivity index (χ0n) is 16.5. The monoisotopic (exact) mass is 395 g/mol. The maximum atomic E-state index is 12.9. The zero-order valence-corrected chi connectivity index (χ0v) is 17.3. The molecule has 1 saturated carbocycles. The molecule has 1 N–H and O–H groups in total. The van der Waals surface area contributed by atoms with Crippen LogP contribution < -0.4 is 0 Å². The van der Waals surface area contributed by atoms with Crippen molar-refractivity contribution in [1.29, 1.82) is 0 Å². The van der Waals surface area contributed by atoms with E-state index in [0.29, 0.717) is 22.4 Å². The lowest BCUT2D eigenvalue weighted by molar-refractivity contribution is -0.129. The molecule has 1 aliphatic carbocycles. The number of H-pyrrole nitrogens is 1. The third kappa shape index (κ3) is 3.05. The molecule has 1 saturated heterocycles. The van der Waals surface area contributed by atoms with Crippen LogP contribution in [0.25, 0.3) is 22.1 Å². The van der Waals surface area contributed by atoms with E-state index in [0.717, 1.165) is 41.5 Å².